The Morgan fingerprint density at radius 2 is 1.87 bits per heavy atom. The number of hydrogen-bond acceptors (Lipinski definition) is 4. The van der Waals surface area contributed by atoms with Gasteiger partial charge in [-0.3, -0.25) is 4.79 Å². The number of benzene rings is 1. The van der Waals surface area contributed by atoms with Crippen LogP contribution in [0.15, 0.2) is 24.3 Å². The molecule has 0 fully saturated rings. The van der Waals surface area contributed by atoms with Crippen LogP contribution in [0.2, 0.25) is 0 Å². The van der Waals surface area contributed by atoms with E-state index in [4.69, 9.17) is 39.5 Å². The largest absolute Gasteiger partial charge is 0.461 e. The predicted octanol–water partition coefficient (Wildman–Crippen LogP) is 2.37. The first kappa shape index (κ1) is 20.0. The fraction of sp³-hybridized carbons (Fsp3) is 0.429. The summed E-state index contributed by atoms with van der Waals surface area (Å²) >= 11 is 16.1. The zero-order chi connectivity index (χ0) is 17.4. The molecule has 1 rings (SSSR count). The van der Waals surface area contributed by atoms with E-state index >= 15 is 0 Å². The highest BCUT2D eigenvalue weighted by atomic mass is 35.5. The van der Waals surface area contributed by atoms with Crippen molar-refractivity contribution in [3.8, 4) is 0 Å². The van der Waals surface area contributed by atoms with Gasteiger partial charge >= 0.3 is 5.97 Å². The normalized spacial score (nSPS) is 13.5. The van der Waals surface area contributed by atoms with Crippen LogP contribution < -0.4 is 5.32 Å². The number of nitrogens with one attached hydrogen (secondary N) is 1. The minimum absolute atomic E-state index is 0.0821. The first-order valence-corrected chi connectivity index (χ1v) is 7.97. The Kier molecular flexibility index (Phi) is 8.62. The summed E-state index contributed by atoms with van der Waals surface area (Å²) in [5.74, 6) is -1.19. The Labute approximate surface area is 147 Å². The highest BCUT2D eigenvalue weighted by Crippen LogP contribution is 2.19. The Bertz CT molecular complexity index is 527. The summed E-state index contributed by atoms with van der Waals surface area (Å²) in [5, 5.41) is 12.3. The molecule has 2 unspecified atom stereocenters. The molecule has 1 amide bonds. The number of hydrogen-bond donors (Lipinski definition) is 2. The number of carbonyl (C=O) groups excluding carboxylic acids is 2. The van der Waals surface area contributed by atoms with E-state index in [9.17, 15) is 19.1 Å². The van der Waals surface area contributed by atoms with Crippen molar-refractivity contribution in [1.29, 1.82) is 0 Å². The summed E-state index contributed by atoms with van der Waals surface area (Å²) in [6.07, 6.45) is -1.33. The number of ether oxygens (including phenoxy) is 1. The van der Waals surface area contributed by atoms with Crippen LogP contribution in [0.4, 0.5) is 4.39 Å². The molecular formula is C14H15Cl3FNO4. The number of alkyl halides is 4. The van der Waals surface area contributed by atoms with Crippen molar-refractivity contribution in [2.24, 2.45) is 0 Å². The third-order valence-corrected chi connectivity index (χ3v) is 3.42. The molecule has 0 bridgehead atoms. The molecule has 0 saturated carbocycles. The summed E-state index contributed by atoms with van der Waals surface area (Å²) in [5.41, 5.74) is 0.566. The number of carbonyl (C=O) groups is 2. The molecule has 2 N–H and O–H groups in total. The van der Waals surface area contributed by atoms with Crippen LogP contribution in [0.1, 0.15) is 22.0 Å². The van der Waals surface area contributed by atoms with Crippen molar-refractivity contribution < 1.29 is 23.8 Å². The second kappa shape index (κ2) is 9.93. The fourth-order valence-electron chi connectivity index (χ4n) is 1.71. The van der Waals surface area contributed by atoms with E-state index in [-0.39, 0.29) is 18.1 Å². The van der Waals surface area contributed by atoms with Gasteiger partial charge in [0, 0.05) is 0 Å². The highest BCUT2D eigenvalue weighted by molar-refractivity contribution is 6.53. The lowest BCUT2D eigenvalue weighted by molar-refractivity contribution is -0.121. The molecule has 0 aliphatic carbocycles. The smallest absolute Gasteiger partial charge is 0.338 e. The second-order valence-electron chi connectivity index (χ2n) is 4.46. The van der Waals surface area contributed by atoms with Gasteiger partial charge in [0.25, 0.3) is 5.91 Å². The molecule has 0 aromatic heterocycles. The Hall–Kier alpha value is -1.08. The summed E-state index contributed by atoms with van der Waals surface area (Å²) in [6, 6.07) is 4.47. The average Bonchev–Trinajstić information content (AvgIpc) is 2.56. The first-order chi connectivity index (χ1) is 10.9. The molecule has 0 radical (unpaired) electrons. The van der Waals surface area contributed by atoms with Crippen molar-refractivity contribution in [1.82, 2.24) is 5.32 Å². The van der Waals surface area contributed by atoms with Gasteiger partial charge < -0.3 is 15.2 Å². The molecule has 0 aliphatic rings. The standard InChI is InChI=1S/C14H15Cl3FNO4/c15-5-6-23-14(22)9-3-1-8(2-4-9)11(20)10(7-18)19-13(21)12(16)17/h1-4,10-12,20H,5-7H2,(H,19,21). The van der Waals surface area contributed by atoms with Gasteiger partial charge in [0.05, 0.1) is 17.5 Å². The van der Waals surface area contributed by atoms with Crippen LogP contribution in [0.3, 0.4) is 0 Å². The van der Waals surface area contributed by atoms with Gasteiger partial charge in [-0.1, -0.05) is 35.3 Å². The number of halogens is 4. The highest BCUT2D eigenvalue weighted by Gasteiger charge is 2.25. The van der Waals surface area contributed by atoms with Gasteiger partial charge in [0.1, 0.15) is 19.4 Å². The zero-order valence-corrected chi connectivity index (χ0v) is 14.1. The number of esters is 1. The molecule has 0 saturated heterocycles. The zero-order valence-electron chi connectivity index (χ0n) is 11.8. The third kappa shape index (κ3) is 6.14. The van der Waals surface area contributed by atoms with Crippen molar-refractivity contribution in [3.05, 3.63) is 35.4 Å². The van der Waals surface area contributed by atoms with E-state index in [0.29, 0.717) is 5.56 Å². The van der Waals surface area contributed by atoms with Crippen LogP contribution >= 0.6 is 34.8 Å². The van der Waals surface area contributed by atoms with Crippen molar-refractivity contribution >= 4 is 46.7 Å². The summed E-state index contributed by atoms with van der Waals surface area (Å²) in [7, 11) is 0. The Morgan fingerprint density at radius 1 is 1.26 bits per heavy atom. The number of aliphatic hydroxyl groups is 1. The van der Waals surface area contributed by atoms with E-state index in [1.54, 1.807) is 0 Å². The SMILES string of the molecule is O=C(OCCCl)c1ccc(C(O)C(CF)NC(=O)C(Cl)Cl)cc1. The lowest BCUT2D eigenvalue weighted by atomic mass is 10.0. The van der Waals surface area contributed by atoms with Crippen molar-refractivity contribution in [3.63, 3.8) is 0 Å². The minimum Gasteiger partial charge on any atom is -0.461 e. The average molecular weight is 387 g/mol. The van der Waals surface area contributed by atoms with Gasteiger partial charge in [0.2, 0.25) is 0 Å². The Balaban J connectivity index is 2.77. The Morgan fingerprint density at radius 3 is 2.35 bits per heavy atom. The maximum absolute atomic E-state index is 13.0. The van der Waals surface area contributed by atoms with Crippen LogP contribution in [0.5, 0.6) is 0 Å². The number of amides is 1. The summed E-state index contributed by atoms with van der Waals surface area (Å²) < 4.78 is 17.9. The van der Waals surface area contributed by atoms with E-state index in [1.165, 1.54) is 24.3 Å². The van der Waals surface area contributed by atoms with Crippen molar-refractivity contribution in [2.75, 3.05) is 19.2 Å². The lowest BCUT2D eigenvalue weighted by Crippen LogP contribution is -2.43. The van der Waals surface area contributed by atoms with Gasteiger partial charge in [0.15, 0.2) is 4.84 Å². The third-order valence-electron chi connectivity index (χ3n) is 2.87. The minimum atomic E-state index is -1.37. The molecule has 128 valence electrons. The quantitative estimate of drug-likeness (QED) is 0.531. The molecule has 2 atom stereocenters. The maximum Gasteiger partial charge on any atom is 0.338 e. The molecule has 23 heavy (non-hydrogen) atoms. The lowest BCUT2D eigenvalue weighted by Gasteiger charge is -2.22. The number of aliphatic hydroxyl groups excluding tert-OH is 1. The van der Waals surface area contributed by atoms with E-state index < -0.39 is 35.5 Å². The van der Waals surface area contributed by atoms with Crippen LogP contribution in [-0.2, 0) is 9.53 Å². The predicted molar refractivity (Wildman–Crippen MR) is 85.8 cm³/mol. The second-order valence-corrected chi connectivity index (χ2v) is 5.94. The molecule has 5 nitrogen and oxygen atoms in total. The monoisotopic (exact) mass is 385 g/mol. The maximum atomic E-state index is 13.0. The van der Waals surface area contributed by atoms with E-state index in [1.807, 2.05) is 0 Å². The van der Waals surface area contributed by atoms with Crippen molar-refractivity contribution in [2.45, 2.75) is 17.0 Å². The van der Waals surface area contributed by atoms with Gasteiger partial charge in [-0.05, 0) is 17.7 Å². The molecule has 0 aliphatic heterocycles. The molecule has 1 aromatic rings. The molecule has 0 spiro atoms. The van der Waals surface area contributed by atoms with Gasteiger partial charge in [-0.15, -0.1) is 11.6 Å². The van der Waals surface area contributed by atoms with E-state index in [0.717, 1.165) is 0 Å². The number of rotatable bonds is 8. The molecular weight excluding hydrogens is 372 g/mol. The summed E-state index contributed by atoms with van der Waals surface area (Å²) in [6.45, 7) is -0.939. The summed E-state index contributed by atoms with van der Waals surface area (Å²) in [4.78, 5) is 21.6. The topological polar surface area (TPSA) is 75.6 Å². The fourth-order valence-corrected chi connectivity index (χ4v) is 1.91. The molecule has 9 heteroatoms. The van der Waals surface area contributed by atoms with Crippen LogP contribution in [0, 0.1) is 0 Å². The van der Waals surface area contributed by atoms with Crippen LogP contribution in [-0.4, -0.2) is 47.0 Å². The van der Waals surface area contributed by atoms with Crippen LogP contribution in [0.25, 0.3) is 0 Å². The first-order valence-electron chi connectivity index (χ1n) is 6.56. The van der Waals surface area contributed by atoms with Gasteiger partial charge in [-0.25, -0.2) is 9.18 Å². The van der Waals surface area contributed by atoms with Gasteiger partial charge in [-0.2, -0.15) is 0 Å². The molecule has 1 aromatic carbocycles. The van der Waals surface area contributed by atoms with E-state index in [2.05, 4.69) is 5.32 Å². The molecule has 0 heterocycles.